The predicted octanol–water partition coefficient (Wildman–Crippen LogP) is 5.89. The van der Waals surface area contributed by atoms with Gasteiger partial charge in [-0.2, -0.15) is 9.97 Å². The molecule has 5 rings (SSSR count). The number of nitrogens with one attached hydrogen (secondary N) is 4. The van der Waals surface area contributed by atoms with E-state index in [4.69, 9.17) is 9.97 Å². The average Bonchev–Trinajstić information content (AvgIpc) is 3.38. The number of hydrogen-bond acceptors (Lipinski definition) is 9. The summed E-state index contributed by atoms with van der Waals surface area (Å²) in [4.78, 5) is 37.3. The Kier molecular flexibility index (Phi) is 9.13. The van der Waals surface area contributed by atoms with Gasteiger partial charge in [-0.15, -0.1) is 0 Å². The number of anilines is 4. The first-order valence-corrected chi connectivity index (χ1v) is 13.4. The Morgan fingerprint density at radius 1 is 1.02 bits per heavy atom. The third-order valence-electron chi connectivity index (χ3n) is 7.17. The van der Waals surface area contributed by atoms with E-state index in [-0.39, 0.29) is 25.1 Å². The van der Waals surface area contributed by atoms with Gasteiger partial charge in [0.2, 0.25) is 5.95 Å². The molecule has 1 amide bonds. The van der Waals surface area contributed by atoms with Crippen molar-refractivity contribution in [3.8, 4) is 0 Å². The molecule has 2 heterocycles. The molecule has 0 saturated heterocycles. The molecule has 1 aliphatic carbocycles. The number of fused-ring (bicyclic) bond motifs is 1. The minimum atomic E-state index is -0.500. The number of nitro groups is 1. The van der Waals surface area contributed by atoms with Gasteiger partial charge < -0.3 is 25.8 Å². The van der Waals surface area contributed by atoms with Crippen molar-refractivity contribution in [2.75, 3.05) is 23.0 Å². The highest BCUT2D eigenvalue weighted by atomic mass is 16.6. The maximum Gasteiger partial charge on any atom is 0.269 e. The molecule has 4 N–H and O–H groups in total. The van der Waals surface area contributed by atoms with Gasteiger partial charge in [-0.05, 0) is 76.9 Å². The first-order chi connectivity index (χ1) is 19.3. The van der Waals surface area contributed by atoms with Gasteiger partial charge in [0, 0.05) is 47.2 Å². The summed E-state index contributed by atoms with van der Waals surface area (Å²) in [6.07, 6.45) is 6.05. The Balaban J connectivity index is 0.00000387. The Labute approximate surface area is 239 Å². The third-order valence-corrected chi connectivity index (χ3v) is 7.17. The molecule has 1 saturated carbocycles. The number of aromatic nitrogens is 4. The predicted molar refractivity (Wildman–Crippen MR) is 162 cm³/mol. The molecular formula is C29H37N9O3. The van der Waals surface area contributed by atoms with Crippen LogP contribution in [0, 0.1) is 10.1 Å². The van der Waals surface area contributed by atoms with Crippen LogP contribution in [0.3, 0.4) is 0 Å². The number of carbonyl (C=O) groups is 1. The highest BCUT2D eigenvalue weighted by Gasteiger charge is 2.22. The molecule has 216 valence electrons. The second kappa shape index (κ2) is 12.7. The van der Waals surface area contributed by atoms with Crippen LogP contribution in [0.2, 0.25) is 0 Å². The first kappa shape index (κ1) is 29.4. The number of non-ortho nitro benzene ring substituents is 1. The number of hydrogen-bond donors (Lipinski definition) is 4. The van der Waals surface area contributed by atoms with Crippen LogP contribution >= 0.6 is 0 Å². The molecule has 4 aromatic rings. The molecule has 1 fully saturated rings. The fraction of sp³-hybridized carbons (Fsp3) is 0.379. The van der Waals surface area contributed by atoms with E-state index in [9.17, 15) is 14.9 Å². The fourth-order valence-corrected chi connectivity index (χ4v) is 4.90. The van der Waals surface area contributed by atoms with Crippen molar-refractivity contribution >= 4 is 45.9 Å². The minimum absolute atomic E-state index is 0. The third kappa shape index (κ3) is 6.77. The van der Waals surface area contributed by atoms with E-state index in [2.05, 4.69) is 40.1 Å². The summed E-state index contributed by atoms with van der Waals surface area (Å²) in [6, 6.07) is 13.7. The maximum absolute atomic E-state index is 12.7. The second-order valence-corrected chi connectivity index (χ2v) is 10.3. The maximum atomic E-state index is 12.7. The van der Waals surface area contributed by atoms with Gasteiger partial charge in [0.1, 0.15) is 0 Å². The van der Waals surface area contributed by atoms with E-state index < -0.39 is 4.92 Å². The quantitative estimate of drug-likeness (QED) is 0.145. The summed E-state index contributed by atoms with van der Waals surface area (Å²) in [5.74, 6) is 0.745. The second-order valence-electron chi connectivity index (χ2n) is 10.3. The van der Waals surface area contributed by atoms with E-state index in [1.54, 1.807) is 18.5 Å². The standard InChI is InChI=1S/C28H33N9O3.CH4/c1-17(2)36-16-30-24-25(34-28(35-26(24)36)33-20-11-9-19(29-3)10-12-20)31-21-5-4-6-22(15-21)32-27(38)18-7-13-23(14-8-18)37(39)40;/h4-8,13-17,19-20,29H,9-12H2,1-3H3,(H,32,38)(H2,31,33,34,35);1H4. The zero-order valence-corrected chi connectivity index (χ0v) is 22.7. The van der Waals surface area contributed by atoms with Gasteiger partial charge in [0.25, 0.3) is 11.6 Å². The largest absolute Gasteiger partial charge is 0.351 e. The lowest BCUT2D eigenvalue weighted by Gasteiger charge is -2.28. The van der Waals surface area contributed by atoms with Crippen molar-refractivity contribution in [2.45, 2.75) is 65.1 Å². The van der Waals surface area contributed by atoms with E-state index in [1.807, 2.05) is 23.7 Å². The van der Waals surface area contributed by atoms with Gasteiger partial charge >= 0.3 is 0 Å². The molecule has 12 nitrogen and oxygen atoms in total. The highest BCUT2D eigenvalue weighted by molar-refractivity contribution is 6.04. The molecule has 12 heteroatoms. The summed E-state index contributed by atoms with van der Waals surface area (Å²) in [5.41, 5.74) is 2.91. The molecular weight excluding hydrogens is 522 g/mol. The molecule has 0 atom stereocenters. The molecule has 41 heavy (non-hydrogen) atoms. The summed E-state index contributed by atoms with van der Waals surface area (Å²) in [7, 11) is 2.01. The van der Waals surface area contributed by atoms with Gasteiger partial charge in [0.15, 0.2) is 17.0 Å². The lowest BCUT2D eigenvalue weighted by atomic mass is 9.91. The van der Waals surface area contributed by atoms with Crippen LogP contribution in [-0.2, 0) is 0 Å². The van der Waals surface area contributed by atoms with E-state index >= 15 is 0 Å². The number of amides is 1. The Morgan fingerprint density at radius 3 is 2.37 bits per heavy atom. The Hall–Kier alpha value is -4.58. The van der Waals surface area contributed by atoms with Crippen LogP contribution < -0.4 is 21.3 Å². The molecule has 2 aromatic carbocycles. The van der Waals surface area contributed by atoms with Crippen LogP contribution in [0.5, 0.6) is 0 Å². The first-order valence-electron chi connectivity index (χ1n) is 13.4. The van der Waals surface area contributed by atoms with Crippen LogP contribution in [-0.4, -0.2) is 49.5 Å². The molecule has 0 aliphatic heterocycles. The molecule has 2 aromatic heterocycles. The van der Waals surface area contributed by atoms with E-state index in [1.165, 1.54) is 24.3 Å². The van der Waals surface area contributed by atoms with Gasteiger partial charge in [-0.25, -0.2) is 4.98 Å². The highest BCUT2D eigenvalue weighted by Crippen LogP contribution is 2.29. The smallest absolute Gasteiger partial charge is 0.269 e. The van der Waals surface area contributed by atoms with Crippen molar-refractivity contribution in [2.24, 2.45) is 0 Å². The lowest BCUT2D eigenvalue weighted by molar-refractivity contribution is -0.384. The molecule has 0 spiro atoms. The minimum Gasteiger partial charge on any atom is -0.351 e. The number of nitrogens with zero attached hydrogens (tertiary/aromatic N) is 5. The summed E-state index contributed by atoms with van der Waals surface area (Å²) in [5, 5.41) is 24.0. The lowest BCUT2D eigenvalue weighted by Crippen LogP contribution is -2.35. The number of rotatable bonds is 9. The molecule has 0 bridgehead atoms. The molecule has 0 radical (unpaired) electrons. The summed E-state index contributed by atoms with van der Waals surface area (Å²) in [6.45, 7) is 4.17. The number of imidazole rings is 1. The monoisotopic (exact) mass is 559 g/mol. The normalized spacial score (nSPS) is 16.7. The van der Waals surface area contributed by atoms with Crippen molar-refractivity contribution in [1.82, 2.24) is 24.8 Å². The van der Waals surface area contributed by atoms with Crippen molar-refractivity contribution in [3.05, 3.63) is 70.5 Å². The number of carbonyl (C=O) groups excluding carboxylic acids is 1. The van der Waals surface area contributed by atoms with Crippen molar-refractivity contribution in [1.29, 1.82) is 0 Å². The topological polar surface area (TPSA) is 152 Å². The van der Waals surface area contributed by atoms with Crippen LogP contribution in [0.1, 0.15) is 63.4 Å². The number of benzene rings is 2. The Bertz CT molecular complexity index is 1510. The molecule has 1 aliphatic rings. The van der Waals surface area contributed by atoms with Crippen molar-refractivity contribution in [3.63, 3.8) is 0 Å². The van der Waals surface area contributed by atoms with Crippen LogP contribution in [0.15, 0.2) is 54.9 Å². The van der Waals surface area contributed by atoms with E-state index in [0.717, 1.165) is 31.3 Å². The fourth-order valence-electron chi connectivity index (χ4n) is 4.90. The zero-order valence-electron chi connectivity index (χ0n) is 22.7. The number of nitro benzene ring substituents is 1. The van der Waals surface area contributed by atoms with Gasteiger partial charge in [-0.1, -0.05) is 13.5 Å². The van der Waals surface area contributed by atoms with Gasteiger partial charge in [0.05, 0.1) is 11.3 Å². The Morgan fingerprint density at radius 2 is 1.71 bits per heavy atom. The SMILES string of the molecule is C.CNC1CCC(Nc2nc(Nc3cccc(NC(=O)c4ccc([N+](=O)[O-])cc4)c3)c3ncn(C(C)C)c3n2)CC1. The summed E-state index contributed by atoms with van der Waals surface area (Å²) >= 11 is 0. The van der Waals surface area contributed by atoms with Crippen LogP contribution in [0.4, 0.5) is 28.8 Å². The molecule has 0 unspecified atom stereocenters. The van der Waals surface area contributed by atoms with Gasteiger partial charge in [-0.3, -0.25) is 14.9 Å². The van der Waals surface area contributed by atoms with Crippen molar-refractivity contribution < 1.29 is 9.72 Å². The zero-order chi connectivity index (χ0) is 28.2. The summed E-state index contributed by atoms with van der Waals surface area (Å²) < 4.78 is 2.02. The van der Waals surface area contributed by atoms with E-state index in [0.29, 0.717) is 46.3 Å². The van der Waals surface area contributed by atoms with Crippen LogP contribution in [0.25, 0.3) is 11.2 Å². The average molecular weight is 560 g/mol.